The Hall–Kier alpha value is -1.59. The number of amides is 2. The number of fused-ring (bicyclic) bond motifs is 1. The number of rotatable bonds is 6. The fourth-order valence-corrected chi connectivity index (χ4v) is 2.73. The van der Waals surface area contributed by atoms with Gasteiger partial charge in [-0.15, -0.1) is 0 Å². The Kier molecular flexibility index (Phi) is 6.02. The SMILES string of the molecule is COCCN(CCO)C(=O)Nc1cccc2c1CCCC2. The van der Waals surface area contributed by atoms with Gasteiger partial charge < -0.3 is 20.1 Å². The minimum atomic E-state index is -0.180. The minimum absolute atomic E-state index is 0.0516. The summed E-state index contributed by atoms with van der Waals surface area (Å²) in [5.74, 6) is 0. The Morgan fingerprint density at radius 2 is 2.14 bits per heavy atom. The van der Waals surface area contributed by atoms with Gasteiger partial charge in [-0.25, -0.2) is 4.79 Å². The summed E-state index contributed by atoms with van der Waals surface area (Å²) in [4.78, 5) is 13.9. The Labute approximate surface area is 125 Å². The summed E-state index contributed by atoms with van der Waals surface area (Å²) in [7, 11) is 1.60. The van der Waals surface area contributed by atoms with Gasteiger partial charge >= 0.3 is 6.03 Å². The van der Waals surface area contributed by atoms with E-state index in [-0.39, 0.29) is 12.6 Å². The van der Waals surface area contributed by atoms with Gasteiger partial charge in [0.2, 0.25) is 0 Å². The van der Waals surface area contributed by atoms with Gasteiger partial charge in [-0.05, 0) is 42.9 Å². The van der Waals surface area contributed by atoms with E-state index in [1.807, 2.05) is 12.1 Å². The number of aliphatic hydroxyl groups is 1. The summed E-state index contributed by atoms with van der Waals surface area (Å²) in [5, 5.41) is 12.1. The highest BCUT2D eigenvalue weighted by molar-refractivity contribution is 5.90. The third kappa shape index (κ3) is 4.19. The standard InChI is InChI=1S/C16H24N2O3/c1-21-12-10-18(9-11-19)16(20)17-15-8-4-6-13-5-2-3-7-14(13)15/h4,6,8,19H,2-3,5,7,9-12H2,1H3,(H,17,20). The van der Waals surface area contributed by atoms with Crippen LogP contribution in [0, 0.1) is 0 Å². The third-order valence-corrected chi connectivity index (χ3v) is 3.86. The Balaban J connectivity index is 2.07. The monoisotopic (exact) mass is 292 g/mol. The van der Waals surface area contributed by atoms with Gasteiger partial charge in [-0.1, -0.05) is 12.1 Å². The summed E-state index contributed by atoms with van der Waals surface area (Å²) < 4.78 is 5.01. The fourth-order valence-electron chi connectivity index (χ4n) is 2.73. The van der Waals surface area contributed by atoms with E-state index in [2.05, 4.69) is 11.4 Å². The van der Waals surface area contributed by atoms with E-state index in [4.69, 9.17) is 9.84 Å². The van der Waals surface area contributed by atoms with E-state index in [1.165, 1.54) is 24.0 Å². The molecule has 0 radical (unpaired) electrons. The Bertz CT molecular complexity index is 477. The molecule has 0 atom stereocenters. The molecule has 21 heavy (non-hydrogen) atoms. The predicted octanol–water partition coefficient (Wildman–Crippen LogP) is 2.04. The summed E-state index contributed by atoms with van der Waals surface area (Å²) in [5.41, 5.74) is 3.50. The van der Waals surface area contributed by atoms with Crippen LogP contribution in [-0.4, -0.2) is 49.5 Å². The highest BCUT2D eigenvalue weighted by atomic mass is 16.5. The average Bonchev–Trinajstić information content (AvgIpc) is 2.51. The highest BCUT2D eigenvalue weighted by Crippen LogP contribution is 2.27. The normalized spacial score (nSPS) is 13.6. The largest absolute Gasteiger partial charge is 0.395 e. The van der Waals surface area contributed by atoms with Gasteiger partial charge in [0.05, 0.1) is 13.2 Å². The second-order valence-electron chi connectivity index (χ2n) is 5.28. The zero-order valence-corrected chi connectivity index (χ0v) is 12.6. The van der Waals surface area contributed by atoms with Gasteiger partial charge in [-0.3, -0.25) is 0 Å². The number of urea groups is 1. The molecule has 1 aliphatic rings. The number of nitrogens with zero attached hydrogens (tertiary/aromatic N) is 1. The molecule has 1 aliphatic carbocycles. The van der Waals surface area contributed by atoms with Crippen LogP contribution in [0.25, 0.3) is 0 Å². The van der Waals surface area contributed by atoms with Crippen LogP contribution in [-0.2, 0) is 17.6 Å². The zero-order chi connectivity index (χ0) is 15.1. The van der Waals surface area contributed by atoms with Crippen molar-refractivity contribution in [2.24, 2.45) is 0 Å². The Morgan fingerprint density at radius 3 is 2.90 bits per heavy atom. The number of aliphatic hydroxyl groups excluding tert-OH is 1. The van der Waals surface area contributed by atoms with Crippen LogP contribution in [0.4, 0.5) is 10.5 Å². The molecule has 0 saturated heterocycles. The third-order valence-electron chi connectivity index (χ3n) is 3.86. The molecule has 0 unspecified atom stereocenters. The summed E-state index contributed by atoms with van der Waals surface area (Å²) >= 11 is 0. The molecule has 0 aromatic heterocycles. The molecule has 1 aromatic rings. The van der Waals surface area contributed by atoms with Gasteiger partial charge in [0, 0.05) is 25.9 Å². The number of benzene rings is 1. The number of hydrogen-bond donors (Lipinski definition) is 2. The van der Waals surface area contributed by atoms with E-state index in [1.54, 1.807) is 12.0 Å². The highest BCUT2D eigenvalue weighted by Gasteiger charge is 2.17. The number of hydrogen-bond acceptors (Lipinski definition) is 3. The second kappa shape index (κ2) is 8.00. The molecule has 1 aromatic carbocycles. The summed E-state index contributed by atoms with van der Waals surface area (Å²) in [6.07, 6.45) is 4.49. The molecule has 5 heteroatoms. The lowest BCUT2D eigenvalue weighted by Crippen LogP contribution is -2.39. The van der Waals surface area contributed by atoms with E-state index in [9.17, 15) is 4.79 Å². The van der Waals surface area contributed by atoms with Crippen LogP contribution >= 0.6 is 0 Å². The van der Waals surface area contributed by atoms with Crippen LogP contribution in [0.2, 0.25) is 0 Å². The molecular weight excluding hydrogens is 268 g/mol. The lowest BCUT2D eigenvalue weighted by Gasteiger charge is -2.24. The molecular formula is C16H24N2O3. The first-order valence-corrected chi connectivity index (χ1v) is 7.52. The maximum Gasteiger partial charge on any atom is 0.322 e. The van der Waals surface area contributed by atoms with Crippen molar-refractivity contribution in [3.8, 4) is 0 Å². The molecule has 2 N–H and O–H groups in total. The van der Waals surface area contributed by atoms with Gasteiger partial charge in [0.25, 0.3) is 0 Å². The topological polar surface area (TPSA) is 61.8 Å². The molecule has 0 heterocycles. The minimum Gasteiger partial charge on any atom is -0.395 e. The lowest BCUT2D eigenvalue weighted by atomic mass is 9.90. The van der Waals surface area contributed by atoms with Gasteiger partial charge in [0.1, 0.15) is 0 Å². The van der Waals surface area contributed by atoms with Crippen molar-refractivity contribution >= 4 is 11.7 Å². The average molecular weight is 292 g/mol. The first-order chi connectivity index (χ1) is 10.3. The van der Waals surface area contributed by atoms with E-state index in [0.29, 0.717) is 19.7 Å². The molecule has 0 bridgehead atoms. The number of ether oxygens (including phenoxy) is 1. The molecule has 116 valence electrons. The number of anilines is 1. The smallest absolute Gasteiger partial charge is 0.322 e. The van der Waals surface area contributed by atoms with Crippen molar-refractivity contribution in [2.75, 3.05) is 38.7 Å². The van der Waals surface area contributed by atoms with Crippen molar-refractivity contribution < 1.29 is 14.6 Å². The van der Waals surface area contributed by atoms with E-state index in [0.717, 1.165) is 18.5 Å². The van der Waals surface area contributed by atoms with Crippen molar-refractivity contribution in [2.45, 2.75) is 25.7 Å². The van der Waals surface area contributed by atoms with Crippen LogP contribution in [0.15, 0.2) is 18.2 Å². The van der Waals surface area contributed by atoms with Crippen LogP contribution < -0.4 is 5.32 Å². The Morgan fingerprint density at radius 1 is 1.33 bits per heavy atom. The van der Waals surface area contributed by atoms with Crippen molar-refractivity contribution in [1.82, 2.24) is 4.90 Å². The van der Waals surface area contributed by atoms with Crippen molar-refractivity contribution in [3.05, 3.63) is 29.3 Å². The number of carbonyl (C=O) groups excluding carboxylic acids is 1. The summed E-state index contributed by atoms with van der Waals surface area (Å²) in [6, 6.07) is 5.90. The second-order valence-corrected chi connectivity index (χ2v) is 5.28. The molecule has 0 aliphatic heterocycles. The molecule has 0 fully saturated rings. The molecule has 2 rings (SSSR count). The van der Waals surface area contributed by atoms with E-state index < -0.39 is 0 Å². The first-order valence-electron chi connectivity index (χ1n) is 7.52. The molecule has 0 saturated carbocycles. The van der Waals surface area contributed by atoms with E-state index >= 15 is 0 Å². The molecule has 0 spiro atoms. The number of methoxy groups -OCH3 is 1. The lowest BCUT2D eigenvalue weighted by molar-refractivity contribution is 0.142. The van der Waals surface area contributed by atoms with Crippen LogP contribution in [0.5, 0.6) is 0 Å². The van der Waals surface area contributed by atoms with Crippen LogP contribution in [0.3, 0.4) is 0 Å². The fraction of sp³-hybridized carbons (Fsp3) is 0.562. The maximum atomic E-state index is 12.3. The van der Waals surface area contributed by atoms with Crippen molar-refractivity contribution in [1.29, 1.82) is 0 Å². The number of aryl methyl sites for hydroxylation is 1. The van der Waals surface area contributed by atoms with Crippen LogP contribution in [0.1, 0.15) is 24.0 Å². The zero-order valence-electron chi connectivity index (χ0n) is 12.6. The predicted molar refractivity (Wildman–Crippen MR) is 82.6 cm³/mol. The molecule has 2 amide bonds. The van der Waals surface area contributed by atoms with Gasteiger partial charge in [-0.2, -0.15) is 0 Å². The van der Waals surface area contributed by atoms with Crippen molar-refractivity contribution in [3.63, 3.8) is 0 Å². The number of carbonyl (C=O) groups is 1. The quantitative estimate of drug-likeness (QED) is 0.843. The number of nitrogens with one attached hydrogen (secondary N) is 1. The van der Waals surface area contributed by atoms with Gasteiger partial charge in [0.15, 0.2) is 0 Å². The summed E-state index contributed by atoms with van der Waals surface area (Å²) in [6.45, 7) is 1.19. The maximum absolute atomic E-state index is 12.3. The first kappa shape index (κ1) is 15.8. The molecule has 5 nitrogen and oxygen atoms in total.